The molecule has 0 fully saturated rings. The van der Waals surface area contributed by atoms with Crippen molar-refractivity contribution in [1.29, 1.82) is 0 Å². The van der Waals surface area contributed by atoms with Gasteiger partial charge in [-0.25, -0.2) is 0 Å². The summed E-state index contributed by atoms with van der Waals surface area (Å²) in [6, 6.07) is 11.7. The molecule has 0 aliphatic carbocycles. The Bertz CT molecular complexity index is 1130. The number of rotatable bonds is 10. The van der Waals surface area contributed by atoms with E-state index in [1.165, 1.54) is 14.2 Å². The molecule has 0 saturated carbocycles. The highest BCUT2D eigenvalue weighted by molar-refractivity contribution is 7.94. The van der Waals surface area contributed by atoms with Gasteiger partial charge < -0.3 is 9.64 Å². The Balaban J connectivity index is 1.29. The van der Waals surface area contributed by atoms with Gasteiger partial charge in [0, 0.05) is 32.1 Å². The molecule has 2 aromatic carbocycles. The number of hydrogen-bond donors (Lipinski definition) is 0. The molecule has 0 radical (unpaired) electrons. The second kappa shape index (κ2) is 9.73. The third-order valence-corrected chi connectivity index (χ3v) is 8.47. The number of ether oxygens (including phenoxy) is 1. The number of para-hydroxylation sites is 1. The number of unbranched alkanes of at least 4 members (excludes halogenated alkanes) is 1. The van der Waals surface area contributed by atoms with Crippen LogP contribution >= 0.6 is 0 Å². The van der Waals surface area contributed by atoms with Crippen molar-refractivity contribution < 1.29 is 17.9 Å². The van der Waals surface area contributed by atoms with Crippen LogP contribution in [0.4, 0.5) is 11.4 Å². The maximum Gasteiger partial charge on any atom is 0.326 e. The molecule has 0 saturated heterocycles. The van der Waals surface area contributed by atoms with E-state index in [0.717, 1.165) is 62.2 Å². The summed E-state index contributed by atoms with van der Waals surface area (Å²) < 4.78 is 33.5. The molecule has 0 unspecified atom stereocenters. The first-order valence-corrected chi connectivity index (χ1v) is 13.0. The van der Waals surface area contributed by atoms with Crippen LogP contribution in [0.3, 0.4) is 0 Å². The second-order valence-corrected chi connectivity index (χ2v) is 10.8. The molecule has 2 aliphatic rings. The fourth-order valence-corrected chi connectivity index (χ4v) is 6.21. The first-order chi connectivity index (χ1) is 15.8. The number of hydrogen-bond acceptors (Lipinski definition) is 5. The third kappa shape index (κ3) is 4.73. The number of nitrogens with zero attached hydrogens (tertiary/aromatic N) is 3. The summed E-state index contributed by atoms with van der Waals surface area (Å²) in [4.78, 5) is 15.2. The average Bonchev–Trinajstić information content (AvgIpc) is 3.02. The number of aryl methyl sites for hydroxylation is 1. The molecule has 178 valence electrons. The summed E-state index contributed by atoms with van der Waals surface area (Å²) in [7, 11) is 1.86. The van der Waals surface area contributed by atoms with Gasteiger partial charge in [0.1, 0.15) is 5.75 Å². The van der Waals surface area contributed by atoms with E-state index in [1.54, 1.807) is 20.2 Å². The van der Waals surface area contributed by atoms with Crippen molar-refractivity contribution in [3.8, 4) is 5.75 Å². The van der Waals surface area contributed by atoms with Crippen LogP contribution in [0.5, 0.6) is 5.75 Å². The van der Waals surface area contributed by atoms with Crippen molar-refractivity contribution in [3.05, 3.63) is 53.1 Å². The zero-order valence-electron chi connectivity index (χ0n) is 19.7. The lowest BCUT2D eigenvalue weighted by Gasteiger charge is -2.24. The van der Waals surface area contributed by atoms with Crippen molar-refractivity contribution in [2.24, 2.45) is 0 Å². The Morgan fingerprint density at radius 3 is 2.73 bits per heavy atom. The summed E-state index contributed by atoms with van der Waals surface area (Å²) in [5, 5.41) is 0. The van der Waals surface area contributed by atoms with Gasteiger partial charge in [0.2, 0.25) is 0 Å². The fraction of sp³-hybridized carbons (Fsp3) is 0.480. The molecule has 8 heteroatoms. The molecule has 2 aromatic rings. The predicted octanol–water partition coefficient (Wildman–Crippen LogP) is 3.67. The molecule has 0 spiro atoms. The summed E-state index contributed by atoms with van der Waals surface area (Å²) in [5.74, 6) is 1.01. The smallest absolute Gasteiger partial charge is 0.326 e. The monoisotopic (exact) mass is 471 g/mol. The van der Waals surface area contributed by atoms with Gasteiger partial charge in [-0.3, -0.25) is 13.4 Å². The number of ketones is 1. The molecular formula is C25H33N3O4S. The lowest BCUT2D eigenvalue weighted by molar-refractivity contribution is 0.0978. The number of anilines is 2. The third-order valence-electron chi connectivity index (χ3n) is 6.66. The number of likely N-dealkylation sites (N-methyl/N-ethyl adjacent to an activating group) is 1. The topological polar surface area (TPSA) is 70.2 Å². The van der Waals surface area contributed by atoms with Gasteiger partial charge in [0.05, 0.1) is 18.5 Å². The quantitative estimate of drug-likeness (QED) is 0.391. The van der Waals surface area contributed by atoms with E-state index < -0.39 is 10.2 Å². The number of methoxy groups -OCH3 is 1. The van der Waals surface area contributed by atoms with E-state index in [2.05, 4.69) is 18.0 Å². The largest absolute Gasteiger partial charge is 0.496 e. The van der Waals surface area contributed by atoms with E-state index in [4.69, 9.17) is 4.74 Å². The first-order valence-electron chi connectivity index (χ1n) is 11.6. The summed E-state index contributed by atoms with van der Waals surface area (Å²) in [6.07, 6.45) is 4.72. The van der Waals surface area contributed by atoms with Gasteiger partial charge in [-0.2, -0.15) is 8.42 Å². The maximum atomic E-state index is 12.9. The Morgan fingerprint density at radius 2 is 1.94 bits per heavy atom. The number of benzene rings is 2. The van der Waals surface area contributed by atoms with Gasteiger partial charge in [-0.05, 0) is 75.0 Å². The second-order valence-electron chi connectivity index (χ2n) is 8.90. The van der Waals surface area contributed by atoms with Gasteiger partial charge in [-0.1, -0.05) is 18.2 Å². The molecule has 7 nitrogen and oxygen atoms in total. The van der Waals surface area contributed by atoms with Crippen LogP contribution in [0.15, 0.2) is 36.4 Å². The minimum atomic E-state index is -3.51. The van der Waals surface area contributed by atoms with Gasteiger partial charge >= 0.3 is 10.2 Å². The molecule has 4 rings (SSSR count). The van der Waals surface area contributed by atoms with E-state index in [-0.39, 0.29) is 5.78 Å². The van der Waals surface area contributed by atoms with Crippen LogP contribution in [0.1, 0.15) is 47.2 Å². The van der Waals surface area contributed by atoms with E-state index in [1.807, 2.05) is 24.3 Å². The Hall–Kier alpha value is -2.58. The molecule has 0 amide bonds. The maximum absolute atomic E-state index is 12.9. The Kier molecular flexibility index (Phi) is 6.95. The SMILES string of the molecule is COc1ccccc1CCN(C)CCCCC(=O)c1cc2c3c(c1)N(C)S(=O)(=O)N3CCC2. The lowest BCUT2D eigenvalue weighted by Crippen LogP contribution is -2.37. The summed E-state index contributed by atoms with van der Waals surface area (Å²) in [6.45, 7) is 2.36. The Labute approximate surface area is 197 Å². The van der Waals surface area contributed by atoms with Crippen LogP contribution in [0.2, 0.25) is 0 Å². The molecule has 0 bridgehead atoms. The normalized spacial score (nSPS) is 16.2. The van der Waals surface area contributed by atoms with Crippen molar-refractivity contribution in [2.75, 3.05) is 49.4 Å². The minimum absolute atomic E-state index is 0.0838. The fourth-order valence-electron chi connectivity index (χ4n) is 4.73. The van der Waals surface area contributed by atoms with Gasteiger partial charge in [0.25, 0.3) is 0 Å². The van der Waals surface area contributed by atoms with E-state index >= 15 is 0 Å². The first kappa shape index (κ1) is 23.6. The van der Waals surface area contributed by atoms with Crippen LogP contribution in [-0.4, -0.2) is 59.9 Å². The van der Waals surface area contributed by atoms with Crippen molar-refractivity contribution in [2.45, 2.75) is 38.5 Å². The molecular weight excluding hydrogens is 438 g/mol. The standard InChI is InChI=1S/C25H33N3O4S/c1-26(16-13-19-9-4-5-12-24(19)32-3)14-7-6-11-23(29)21-17-20-10-8-15-28-25(20)22(18-21)27(2)33(28,30)31/h4-5,9,12,17-18H,6-8,10-11,13-16H2,1-3H3. The van der Waals surface area contributed by atoms with Crippen molar-refractivity contribution in [3.63, 3.8) is 0 Å². The highest BCUT2D eigenvalue weighted by atomic mass is 32.2. The highest BCUT2D eigenvalue weighted by Crippen LogP contribution is 2.46. The average molecular weight is 472 g/mol. The van der Waals surface area contributed by atoms with Crippen LogP contribution in [0, 0.1) is 0 Å². The highest BCUT2D eigenvalue weighted by Gasteiger charge is 2.41. The molecule has 0 aromatic heterocycles. The van der Waals surface area contributed by atoms with E-state index in [9.17, 15) is 13.2 Å². The number of Topliss-reactive ketones (excluding diaryl/α,β-unsaturated/α-hetero) is 1. The van der Waals surface area contributed by atoms with Gasteiger partial charge in [-0.15, -0.1) is 0 Å². The predicted molar refractivity (Wildman–Crippen MR) is 132 cm³/mol. The van der Waals surface area contributed by atoms with Crippen LogP contribution in [-0.2, 0) is 23.1 Å². The van der Waals surface area contributed by atoms with E-state index in [0.29, 0.717) is 24.2 Å². The molecule has 0 N–H and O–H groups in total. The summed E-state index contributed by atoms with van der Waals surface area (Å²) in [5.41, 5.74) is 4.18. The molecule has 2 aliphatic heterocycles. The molecule has 0 atom stereocenters. The molecule has 2 heterocycles. The minimum Gasteiger partial charge on any atom is -0.496 e. The zero-order chi connectivity index (χ0) is 23.6. The van der Waals surface area contributed by atoms with Gasteiger partial charge in [0.15, 0.2) is 5.78 Å². The number of carbonyl (C=O) groups excluding carboxylic acids is 1. The van der Waals surface area contributed by atoms with Crippen LogP contribution in [0.25, 0.3) is 0 Å². The summed E-state index contributed by atoms with van der Waals surface area (Å²) >= 11 is 0. The Morgan fingerprint density at radius 1 is 1.15 bits per heavy atom. The molecule has 33 heavy (non-hydrogen) atoms. The lowest BCUT2D eigenvalue weighted by atomic mass is 9.96. The van der Waals surface area contributed by atoms with Crippen molar-refractivity contribution in [1.82, 2.24) is 4.90 Å². The van der Waals surface area contributed by atoms with Crippen molar-refractivity contribution >= 4 is 27.4 Å². The van der Waals surface area contributed by atoms with Crippen LogP contribution < -0.4 is 13.3 Å². The number of carbonyl (C=O) groups is 1. The zero-order valence-corrected chi connectivity index (χ0v) is 20.5.